The Bertz CT molecular complexity index is 709. The summed E-state index contributed by atoms with van der Waals surface area (Å²) >= 11 is 0. The zero-order valence-electron chi connectivity index (χ0n) is 15.3. The Kier molecular flexibility index (Phi) is 6.50. The number of amides is 1. The van der Waals surface area contributed by atoms with Gasteiger partial charge in [-0.15, -0.1) is 0 Å². The van der Waals surface area contributed by atoms with E-state index in [1.54, 1.807) is 7.11 Å². The minimum Gasteiger partial charge on any atom is -0.497 e. The Balaban J connectivity index is 1.38. The molecule has 1 amide bonds. The van der Waals surface area contributed by atoms with Gasteiger partial charge >= 0.3 is 0 Å². The summed E-state index contributed by atoms with van der Waals surface area (Å²) in [4.78, 5) is 14.4. The van der Waals surface area contributed by atoms with E-state index in [0.717, 1.165) is 37.5 Å². The Hall–Kier alpha value is -2.53. The highest BCUT2D eigenvalue weighted by molar-refractivity contribution is 5.92. The third-order valence-electron chi connectivity index (χ3n) is 4.63. The van der Waals surface area contributed by atoms with E-state index >= 15 is 0 Å². The summed E-state index contributed by atoms with van der Waals surface area (Å²) in [6.07, 6.45) is 3.38. The monoisotopic (exact) mass is 353 g/mol. The molecule has 0 spiro atoms. The normalized spacial score (nSPS) is 13.7. The van der Waals surface area contributed by atoms with Crippen LogP contribution in [0.2, 0.25) is 0 Å². The number of benzene rings is 2. The number of methoxy groups -OCH3 is 1. The molecule has 138 valence electrons. The van der Waals surface area contributed by atoms with E-state index in [4.69, 9.17) is 4.74 Å². The van der Waals surface area contributed by atoms with Gasteiger partial charge in [-0.25, -0.2) is 0 Å². The maximum atomic E-state index is 12.1. The molecule has 0 bridgehead atoms. The van der Waals surface area contributed by atoms with Crippen LogP contribution in [0.25, 0.3) is 0 Å². The standard InChI is InChI=1S/C21H27N3O2/c1-26-20-6-4-5-17(15-20)11-12-22-16-21(25)23-18-7-9-19(10-8-18)24-13-2-3-14-24/h4-10,15,22H,2-3,11-14,16H2,1H3,(H,23,25). The predicted molar refractivity (Wildman–Crippen MR) is 106 cm³/mol. The molecule has 1 heterocycles. The zero-order valence-corrected chi connectivity index (χ0v) is 15.3. The number of ether oxygens (including phenoxy) is 1. The summed E-state index contributed by atoms with van der Waals surface area (Å²) in [5.74, 6) is 0.835. The summed E-state index contributed by atoms with van der Waals surface area (Å²) in [5.41, 5.74) is 3.26. The molecule has 5 nitrogen and oxygen atoms in total. The summed E-state index contributed by atoms with van der Waals surface area (Å²) in [6, 6.07) is 16.1. The van der Waals surface area contributed by atoms with Gasteiger partial charge in [0.1, 0.15) is 5.75 Å². The maximum Gasteiger partial charge on any atom is 0.238 e. The fourth-order valence-electron chi connectivity index (χ4n) is 3.20. The highest BCUT2D eigenvalue weighted by Gasteiger charge is 2.12. The molecule has 1 aliphatic heterocycles. The average molecular weight is 353 g/mol. The first-order valence-corrected chi connectivity index (χ1v) is 9.23. The van der Waals surface area contributed by atoms with Crippen LogP contribution in [0.3, 0.4) is 0 Å². The number of rotatable bonds is 8. The lowest BCUT2D eigenvalue weighted by Gasteiger charge is -2.17. The van der Waals surface area contributed by atoms with E-state index in [0.29, 0.717) is 6.54 Å². The van der Waals surface area contributed by atoms with Crippen LogP contribution in [0.4, 0.5) is 11.4 Å². The van der Waals surface area contributed by atoms with Crippen molar-refractivity contribution in [1.82, 2.24) is 5.32 Å². The van der Waals surface area contributed by atoms with Crippen LogP contribution in [0.1, 0.15) is 18.4 Å². The summed E-state index contributed by atoms with van der Waals surface area (Å²) in [5, 5.41) is 6.12. The van der Waals surface area contributed by atoms with Crippen LogP contribution in [-0.2, 0) is 11.2 Å². The van der Waals surface area contributed by atoms with Crippen LogP contribution in [-0.4, -0.2) is 39.2 Å². The number of carbonyl (C=O) groups is 1. The van der Waals surface area contributed by atoms with Crippen molar-refractivity contribution in [2.24, 2.45) is 0 Å². The molecule has 3 rings (SSSR count). The Morgan fingerprint density at radius 1 is 1.12 bits per heavy atom. The largest absolute Gasteiger partial charge is 0.497 e. The van der Waals surface area contributed by atoms with Crippen molar-refractivity contribution >= 4 is 17.3 Å². The van der Waals surface area contributed by atoms with E-state index in [2.05, 4.69) is 33.7 Å². The van der Waals surface area contributed by atoms with Gasteiger partial charge in [0, 0.05) is 24.5 Å². The fraction of sp³-hybridized carbons (Fsp3) is 0.381. The second kappa shape index (κ2) is 9.25. The van der Waals surface area contributed by atoms with Crippen molar-refractivity contribution in [2.75, 3.05) is 43.5 Å². The van der Waals surface area contributed by atoms with Crippen LogP contribution in [0.15, 0.2) is 48.5 Å². The number of nitrogens with zero attached hydrogens (tertiary/aromatic N) is 1. The van der Waals surface area contributed by atoms with Crippen molar-refractivity contribution in [2.45, 2.75) is 19.3 Å². The lowest BCUT2D eigenvalue weighted by atomic mass is 10.1. The van der Waals surface area contributed by atoms with E-state index in [9.17, 15) is 4.79 Å². The van der Waals surface area contributed by atoms with E-state index < -0.39 is 0 Å². The molecule has 2 aromatic rings. The van der Waals surface area contributed by atoms with Crippen molar-refractivity contribution in [3.05, 3.63) is 54.1 Å². The first kappa shape index (κ1) is 18.3. The molecule has 2 aromatic carbocycles. The summed E-state index contributed by atoms with van der Waals surface area (Å²) < 4.78 is 5.22. The number of hydrogen-bond donors (Lipinski definition) is 2. The van der Waals surface area contributed by atoms with Crippen LogP contribution >= 0.6 is 0 Å². The van der Waals surface area contributed by atoms with Gasteiger partial charge in [0.15, 0.2) is 0 Å². The molecule has 0 radical (unpaired) electrons. The minimum atomic E-state index is -0.0236. The number of nitrogens with one attached hydrogen (secondary N) is 2. The Labute approximate surface area is 155 Å². The highest BCUT2D eigenvalue weighted by atomic mass is 16.5. The summed E-state index contributed by atoms with van der Waals surface area (Å²) in [6.45, 7) is 3.30. The molecular formula is C21H27N3O2. The first-order valence-electron chi connectivity index (χ1n) is 9.23. The van der Waals surface area contributed by atoms with Gasteiger partial charge in [0.25, 0.3) is 0 Å². The molecule has 0 aromatic heterocycles. The average Bonchev–Trinajstić information content (AvgIpc) is 3.21. The van der Waals surface area contributed by atoms with Gasteiger partial charge in [-0.05, 0) is 67.8 Å². The van der Waals surface area contributed by atoms with Gasteiger partial charge in [0.2, 0.25) is 5.91 Å². The Morgan fingerprint density at radius 3 is 2.62 bits per heavy atom. The molecule has 1 aliphatic rings. The molecule has 1 saturated heterocycles. The van der Waals surface area contributed by atoms with Gasteiger partial charge in [0.05, 0.1) is 13.7 Å². The molecule has 26 heavy (non-hydrogen) atoms. The van der Waals surface area contributed by atoms with Crippen LogP contribution in [0.5, 0.6) is 5.75 Å². The molecule has 5 heteroatoms. The van der Waals surface area contributed by atoms with E-state index in [1.165, 1.54) is 24.1 Å². The molecule has 1 fully saturated rings. The Morgan fingerprint density at radius 2 is 1.88 bits per heavy atom. The van der Waals surface area contributed by atoms with Crippen molar-refractivity contribution < 1.29 is 9.53 Å². The zero-order chi connectivity index (χ0) is 18.2. The van der Waals surface area contributed by atoms with Gasteiger partial charge < -0.3 is 20.3 Å². The number of hydrogen-bond acceptors (Lipinski definition) is 4. The molecule has 0 saturated carbocycles. The highest BCUT2D eigenvalue weighted by Crippen LogP contribution is 2.21. The van der Waals surface area contributed by atoms with Crippen LogP contribution < -0.4 is 20.3 Å². The van der Waals surface area contributed by atoms with E-state index in [1.807, 2.05) is 30.3 Å². The fourth-order valence-corrected chi connectivity index (χ4v) is 3.20. The van der Waals surface area contributed by atoms with Gasteiger partial charge in [-0.2, -0.15) is 0 Å². The third kappa shape index (κ3) is 5.23. The smallest absolute Gasteiger partial charge is 0.238 e. The second-order valence-electron chi connectivity index (χ2n) is 6.57. The van der Waals surface area contributed by atoms with Gasteiger partial charge in [-0.1, -0.05) is 12.1 Å². The molecule has 0 atom stereocenters. The molecular weight excluding hydrogens is 326 g/mol. The van der Waals surface area contributed by atoms with Crippen molar-refractivity contribution in [3.63, 3.8) is 0 Å². The van der Waals surface area contributed by atoms with Crippen molar-refractivity contribution in [3.8, 4) is 5.75 Å². The maximum absolute atomic E-state index is 12.1. The third-order valence-corrected chi connectivity index (χ3v) is 4.63. The molecule has 2 N–H and O–H groups in total. The van der Waals surface area contributed by atoms with Crippen LogP contribution in [0, 0.1) is 0 Å². The second-order valence-corrected chi connectivity index (χ2v) is 6.57. The molecule has 0 aliphatic carbocycles. The lowest BCUT2D eigenvalue weighted by Crippen LogP contribution is -2.29. The topological polar surface area (TPSA) is 53.6 Å². The number of anilines is 2. The SMILES string of the molecule is COc1cccc(CCNCC(=O)Nc2ccc(N3CCCC3)cc2)c1. The lowest BCUT2D eigenvalue weighted by molar-refractivity contribution is -0.115. The van der Waals surface area contributed by atoms with Crippen molar-refractivity contribution in [1.29, 1.82) is 0 Å². The summed E-state index contributed by atoms with van der Waals surface area (Å²) in [7, 11) is 1.67. The quantitative estimate of drug-likeness (QED) is 0.716. The van der Waals surface area contributed by atoms with E-state index in [-0.39, 0.29) is 5.91 Å². The first-order chi connectivity index (χ1) is 12.7. The molecule has 0 unspecified atom stereocenters. The minimum absolute atomic E-state index is 0.0236. The number of carbonyl (C=O) groups excluding carboxylic acids is 1. The predicted octanol–water partition coefficient (Wildman–Crippen LogP) is 3.07. The van der Waals surface area contributed by atoms with Gasteiger partial charge in [-0.3, -0.25) is 4.79 Å².